The van der Waals surface area contributed by atoms with Gasteiger partial charge in [-0.2, -0.15) is 0 Å². The van der Waals surface area contributed by atoms with Crippen LogP contribution in [-0.4, -0.2) is 28.5 Å². The highest BCUT2D eigenvalue weighted by Gasteiger charge is 2.12. The first-order valence-electron chi connectivity index (χ1n) is 7.31. The number of amides is 1. The molecule has 1 heterocycles. The molecular formula is C16H22N4O. The van der Waals surface area contributed by atoms with Crippen LogP contribution < -0.4 is 11.1 Å². The Labute approximate surface area is 125 Å². The highest BCUT2D eigenvalue weighted by molar-refractivity contribution is 5.81. The molecule has 1 aromatic heterocycles. The predicted molar refractivity (Wildman–Crippen MR) is 82.7 cm³/mol. The van der Waals surface area contributed by atoms with Gasteiger partial charge < -0.3 is 16.0 Å². The maximum absolute atomic E-state index is 11.9. The summed E-state index contributed by atoms with van der Waals surface area (Å²) in [6, 6.07) is 9.62. The van der Waals surface area contributed by atoms with Crippen molar-refractivity contribution in [3.63, 3.8) is 0 Å². The van der Waals surface area contributed by atoms with E-state index in [4.69, 9.17) is 5.73 Å². The zero-order chi connectivity index (χ0) is 14.9. The maximum atomic E-state index is 11.9. The quantitative estimate of drug-likeness (QED) is 0.642. The van der Waals surface area contributed by atoms with Crippen molar-refractivity contribution in [2.45, 2.75) is 31.7 Å². The summed E-state index contributed by atoms with van der Waals surface area (Å²) in [4.78, 5) is 19.0. The first-order valence-corrected chi connectivity index (χ1v) is 7.31. The number of nitrogens with one attached hydrogen (secondary N) is 2. The summed E-state index contributed by atoms with van der Waals surface area (Å²) >= 11 is 0. The van der Waals surface area contributed by atoms with Crippen LogP contribution in [0.1, 0.15) is 24.2 Å². The van der Waals surface area contributed by atoms with Crippen LogP contribution in [0, 0.1) is 0 Å². The molecule has 1 amide bonds. The lowest BCUT2D eigenvalue weighted by Gasteiger charge is -2.12. The number of benzene rings is 1. The SMILES string of the molecule is N[C@@H](CCc1ccccc1)C(=O)NCCCc1ncc[nH]1. The van der Waals surface area contributed by atoms with Crippen LogP contribution in [0.3, 0.4) is 0 Å². The average molecular weight is 286 g/mol. The molecule has 0 fully saturated rings. The number of rotatable bonds is 8. The smallest absolute Gasteiger partial charge is 0.236 e. The van der Waals surface area contributed by atoms with Gasteiger partial charge in [-0.15, -0.1) is 0 Å². The topological polar surface area (TPSA) is 83.8 Å². The van der Waals surface area contributed by atoms with Crippen molar-refractivity contribution in [3.05, 3.63) is 54.1 Å². The van der Waals surface area contributed by atoms with Gasteiger partial charge in [-0.25, -0.2) is 4.98 Å². The number of imidazole rings is 1. The van der Waals surface area contributed by atoms with Crippen molar-refractivity contribution in [2.75, 3.05) is 6.54 Å². The molecule has 0 unspecified atom stereocenters. The Morgan fingerprint density at radius 3 is 2.81 bits per heavy atom. The van der Waals surface area contributed by atoms with E-state index in [0.717, 1.165) is 25.1 Å². The van der Waals surface area contributed by atoms with Gasteiger partial charge in [0.05, 0.1) is 6.04 Å². The van der Waals surface area contributed by atoms with Crippen molar-refractivity contribution in [3.8, 4) is 0 Å². The fraction of sp³-hybridized carbons (Fsp3) is 0.375. The summed E-state index contributed by atoms with van der Waals surface area (Å²) in [5.74, 6) is 0.864. The number of carbonyl (C=O) groups is 1. The molecule has 2 aromatic rings. The van der Waals surface area contributed by atoms with E-state index < -0.39 is 6.04 Å². The Kier molecular flexibility index (Phi) is 5.97. The fourth-order valence-corrected chi connectivity index (χ4v) is 2.13. The number of hydrogen-bond acceptors (Lipinski definition) is 3. The van der Waals surface area contributed by atoms with E-state index in [2.05, 4.69) is 15.3 Å². The first kappa shape index (κ1) is 15.3. The lowest BCUT2D eigenvalue weighted by Crippen LogP contribution is -2.41. The standard InChI is InChI=1S/C16H22N4O/c17-14(9-8-13-5-2-1-3-6-13)16(21)20-10-4-7-15-18-11-12-19-15/h1-3,5-6,11-12,14H,4,7-10,17H2,(H,18,19)(H,20,21)/t14-/m0/s1. The number of aromatic nitrogens is 2. The van der Waals surface area contributed by atoms with Gasteiger partial charge in [-0.1, -0.05) is 30.3 Å². The van der Waals surface area contributed by atoms with E-state index in [0.29, 0.717) is 13.0 Å². The van der Waals surface area contributed by atoms with Crippen molar-refractivity contribution in [1.29, 1.82) is 0 Å². The number of aryl methyl sites for hydroxylation is 2. The lowest BCUT2D eigenvalue weighted by molar-refractivity contribution is -0.122. The first-order chi connectivity index (χ1) is 10.3. The second-order valence-corrected chi connectivity index (χ2v) is 5.06. The highest BCUT2D eigenvalue weighted by Crippen LogP contribution is 2.04. The number of carbonyl (C=O) groups excluding carboxylic acids is 1. The minimum Gasteiger partial charge on any atom is -0.355 e. The molecule has 0 bridgehead atoms. The Bertz CT molecular complexity index is 524. The third kappa shape index (κ3) is 5.39. The van der Waals surface area contributed by atoms with E-state index in [9.17, 15) is 4.79 Å². The van der Waals surface area contributed by atoms with Gasteiger partial charge in [0.15, 0.2) is 0 Å². The van der Waals surface area contributed by atoms with Crippen LogP contribution in [0.15, 0.2) is 42.7 Å². The van der Waals surface area contributed by atoms with Crippen LogP contribution in [0.5, 0.6) is 0 Å². The average Bonchev–Trinajstić information content (AvgIpc) is 3.03. The molecular weight excluding hydrogens is 264 g/mol. The van der Waals surface area contributed by atoms with Gasteiger partial charge in [0.25, 0.3) is 0 Å². The second kappa shape index (κ2) is 8.21. The van der Waals surface area contributed by atoms with Crippen LogP contribution in [0.2, 0.25) is 0 Å². The number of H-pyrrole nitrogens is 1. The number of aromatic amines is 1. The predicted octanol–water partition coefficient (Wildman–Crippen LogP) is 1.42. The third-order valence-electron chi connectivity index (χ3n) is 3.37. The van der Waals surface area contributed by atoms with E-state index >= 15 is 0 Å². The van der Waals surface area contributed by atoms with E-state index in [1.165, 1.54) is 5.56 Å². The molecule has 0 aliphatic rings. The zero-order valence-corrected chi connectivity index (χ0v) is 12.1. The normalized spacial score (nSPS) is 12.0. The molecule has 0 saturated carbocycles. The fourth-order valence-electron chi connectivity index (χ4n) is 2.13. The van der Waals surface area contributed by atoms with E-state index in [-0.39, 0.29) is 5.91 Å². The summed E-state index contributed by atoms with van der Waals surface area (Å²) < 4.78 is 0. The summed E-state index contributed by atoms with van der Waals surface area (Å²) in [7, 11) is 0. The number of nitrogens with two attached hydrogens (primary N) is 1. The Morgan fingerprint density at radius 1 is 1.29 bits per heavy atom. The van der Waals surface area contributed by atoms with E-state index in [1.54, 1.807) is 12.4 Å². The van der Waals surface area contributed by atoms with Crippen LogP contribution in [-0.2, 0) is 17.6 Å². The Hall–Kier alpha value is -2.14. The summed E-state index contributed by atoms with van der Waals surface area (Å²) in [6.07, 6.45) is 6.69. The molecule has 1 atom stereocenters. The molecule has 0 radical (unpaired) electrons. The maximum Gasteiger partial charge on any atom is 0.236 e. The molecule has 0 aliphatic heterocycles. The minimum absolute atomic E-state index is 0.0784. The van der Waals surface area contributed by atoms with Gasteiger partial charge >= 0.3 is 0 Å². The summed E-state index contributed by atoms with van der Waals surface area (Å²) in [6.45, 7) is 0.624. The van der Waals surface area contributed by atoms with Gasteiger partial charge in [-0.3, -0.25) is 4.79 Å². The van der Waals surface area contributed by atoms with Crippen molar-refractivity contribution in [1.82, 2.24) is 15.3 Å². The van der Waals surface area contributed by atoms with Crippen LogP contribution in [0.25, 0.3) is 0 Å². The molecule has 112 valence electrons. The van der Waals surface area contributed by atoms with Crippen molar-refractivity contribution < 1.29 is 4.79 Å². The van der Waals surface area contributed by atoms with Crippen LogP contribution >= 0.6 is 0 Å². The van der Waals surface area contributed by atoms with Gasteiger partial charge in [-0.05, 0) is 24.8 Å². The monoisotopic (exact) mass is 286 g/mol. The molecule has 1 aromatic carbocycles. The largest absolute Gasteiger partial charge is 0.355 e. The number of nitrogens with zero attached hydrogens (tertiary/aromatic N) is 1. The second-order valence-electron chi connectivity index (χ2n) is 5.06. The van der Waals surface area contributed by atoms with E-state index in [1.807, 2.05) is 30.3 Å². The molecule has 0 spiro atoms. The Morgan fingerprint density at radius 2 is 2.10 bits per heavy atom. The summed E-state index contributed by atoms with van der Waals surface area (Å²) in [5, 5.41) is 2.88. The Balaban J connectivity index is 1.61. The van der Waals surface area contributed by atoms with Crippen molar-refractivity contribution in [2.24, 2.45) is 5.73 Å². The molecule has 21 heavy (non-hydrogen) atoms. The number of hydrogen-bond donors (Lipinski definition) is 3. The molecule has 0 saturated heterocycles. The lowest BCUT2D eigenvalue weighted by atomic mass is 10.1. The van der Waals surface area contributed by atoms with Gasteiger partial charge in [0.2, 0.25) is 5.91 Å². The molecule has 4 N–H and O–H groups in total. The molecule has 5 nitrogen and oxygen atoms in total. The van der Waals surface area contributed by atoms with Gasteiger partial charge in [0.1, 0.15) is 5.82 Å². The highest BCUT2D eigenvalue weighted by atomic mass is 16.2. The third-order valence-corrected chi connectivity index (χ3v) is 3.37. The molecule has 5 heteroatoms. The minimum atomic E-state index is -0.450. The van der Waals surface area contributed by atoms with Crippen molar-refractivity contribution >= 4 is 5.91 Å². The van der Waals surface area contributed by atoms with Gasteiger partial charge in [0, 0.05) is 25.4 Å². The molecule has 0 aliphatic carbocycles. The zero-order valence-electron chi connectivity index (χ0n) is 12.1. The van der Waals surface area contributed by atoms with Crippen LogP contribution in [0.4, 0.5) is 0 Å². The molecule has 2 rings (SSSR count). The summed E-state index contributed by atoms with van der Waals surface area (Å²) in [5.41, 5.74) is 7.12.